The van der Waals surface area contributed by atoms with Crippen LogP contribution in [-0.4, -0.2) is 30.4 Å². The van der Waals surface area contributed by atoms with E-state index >= 15 is 0 Å². The summed E-state index contributed by atoms with van der Waals surface area (Å²) in [5.41, 5.74) is 2.21. The first-order valence-corrected chi connectivity index (χ1v) is 7.96. The van der Waals surface area contributed by atoms with Crippen LogP contribution >= 0.6 is 12.4 Å². The Morgan fingerprint density at radius 1 is 0.957 bits per heavy atom. The van der Waals surface area contributed by atoms with Crippen LogP contribution in [0.1, 0.15) is 30.1 Å². The largest absolute Gasteiger partial charge is 0.389 e. The summed E-state index contributed by atoms with van der Waals surface area (Å²) in [5.74, 6) is 0. The lowest BCUT2D eigenvalue weighted by Crippen LogP contribution is -2.32. The van der Waals surface area contributed by atoms with Crippen molar-refractivity contribution in [3.63, 3.8) is 0 Å². The Bertz CT molecular complexity index is 521. The van der Waals surface area contributed by atoms with Gasteiger partial charge in [0, 0.05) is 12.6 Å². The smallest absolute Gasteiger partial charge is 0.108 e. The van der Waals surface area contributed by atoms with Crippen LogP contribution in [0.25, 0.3) is 0 Å². The number of halogens is 1. The first-order chi connectivity index (χ1) is 10.8. The highest BCUT2D eigenvalue weighted by Gasteiger charge is 2.22. The Hall–Kier alpha value is -1.39. The molecule has 1 saturated carbocycles. The molecule has 0 bridgehead atoms. The predicted octanol–water partition coefficient (Wildman–Crippen LogP) is 3.33. The van der Waals surface area contributed by atoms with E-state index in [1.165, 1.54) is 12.8 Å². The topological polar surface area (TPSA) is 41.5 Å². The van der Waals surface area contributed by atoms with Crippen molar-refractivity contribution in [3.05, 3.63) is 71.8 Å². The highest BCUT2D eigenvalue weighted by Crippen LogP contribution is 2.26. The van der Waals surface area contributed by atoms with Crippen LogP contribution in [0.2, 0.25) is 0 Å². The molecule has 23 heavy (non-hydrogen) atoms. The summed E-state index contributed by atoms with van der Waals surface area (Å²) < 4.78 is 6.04. The fourth-order valence-electron chi connectivity index (χ4n) is 2.50. The highest BCUT2D eigenvalue weighted by molar-refractivity contribution is 5.85. The zero-order valence-corrected chi connectivity index (χ0v) is 13.9. The highest BCUT2D eigenvalue weighted by atomic mass is 35.5. The van der Waals surface area contributed by atoms with Gasteiger partial charge in [-0.05, 0) is 24.0 Å². The van der Waals surface area contributed by atoms with E-state index in [0.717, 1.165) is 11.1 Å². The molecule has 3 nitrogen and oxygen atoms in total. The monoisotopic (exact) mass is 333 g/mol. The molecule has 2 aromatic rings. The van der Waals surface area contributed by atoms with Crippen molar-refractivity contribution >= 4 is 12.4 Å². The molecule has 0 heterocycles. The lowest BCUT2D eigenvalue weighted by molar-refractivity contribution is 0.00648. The quantitative estimate of drug-likeness (QED) is 0.778. The van der Waals surface area contributed by atoms with Crippen molar-refractivity contribution in [2.24, 2.45) is 0 Å². The van der Waals surface area contributed by atoms with E-state index in [4.69, 9.17) is 4.74 Å². The Morgan fingerprint density at radius 3 is 1.96 bits per heavy atom. The van der Waals surface area contributed by atoms with Crippen LogP contribution in [0.15, 0.2) is 60.7 Å². The Kier molecular flexibility index (Phi) is 7.06. The second-order valence-electron chi connectivity index (χ2n) is 5.87. The number of hydrogen-bond acceptors (Lipinski definition) is 3. The molecule has 0 saturated heterocycles. The standard InChI is InChI=1S/C19H23NO2.ClH/c21-18(13-20-17-11-12-17)14-22-19(15-7-3-1-4-8-15)16-9-5-2-6-10-16;/h1-10,17-21H,11-14H2;1H. The van der Waals surface area contributed by atoms with Crippen molar-refractivity contribution in [1.82, 2.24) is 5.32 Å². The minimum Gasteiger partial charge on any atom is -0.389 e. The van der Waals surface area contributed by atoms with Crippen molar-refractivity contribution < 1.29 is 9.84 Å². The van der Waals surface area contributed by atoms with Crippen molar-refractivity contribution in [1.29, 1.82) is 0 Å². The number of nitrogens with one attached hydrogen (secondary N) is 1. The molecule has 0 radical (unpaired) electrons. The van der Waals surface area contributed by atoms with E-state index in [2.05, 4.69) is 29.6 Å². The summed E-state index contributed by atoms with van der Waals surface area (Å²) in [7, 11) is 0. The van der Waals surface area contributed by atoms with E-state index < -0.39 is 6.10 Å². The van der Waals surface area contributed by atoms with Gasteiger partial charge in [-0.1, -0.05) is 60.7 Å². The molecule has 1 aliphatic carbocycles. The molecular formula is C19H24ClNO2. The molecule has 3 rings (SSSR count). The normalized spacial score (nSPS) is 15.2. The summed E-state index contributed by atoms with van der Waals surface area (Å²) in [6.45, 7) is 0.926. The minimum atomic E-state index is -0.476. The van der Waals surface area contributed by atoms with Gasteiger partial charge < -0.3 is 15.2 Å². The first-order valence-electron chi connectivity index (χ1n) is 7.96. The Morgan fingerprint density at radius 2 is 1.48 bits per heavy atom. The lowest BCUT2D eigenvalue weighted by Gasteiger charge is -2.21. The lowest BCUT2D eigenvalue weighted by atomic mass is 10.0. The van der Waals surface area contributed by atoms with Crippen LogP contribution in [-0.2, 0) is 4.74 Å². The predicted molar refractivity (Wildman–Crippen MR) is 95.0 cm³/mol. The molecule has 1 atom stereocenters. The van der Waals surface area contributed by atoms with Gasteiger partial charge in [-0.25, -0.2) is 0 Å². The van der Waals surface area contributed by atoms with E-state index in [1.54, 1.807) is 0 Å². The summed E-state index contributed by atoms with van der Waals surface area (Å²) in [6.07, 6.45) is 1.84. The van der Waals surface area contributed by atoms with Gasteiger partial charge in [0.15, 0.2) is 0 Å². The third-order valence-electron chi connectivity index (χ3n) is 3.88. The van der Waals surface area contributed by atoms with Gasteiger partial charge in [0.2, 0.25) is 0 Å². The van der Waals surface area contributed by atoms with Gasteiger partial charge in [0.1, 0.15) is 6.10 Å². The molecule has 0 aromatic heterocycles. The zero-order chi connectivity index (χ0) is 15.2. The number of ether oxygens (including phenoxy) is 1. The van der Waals surface area contributed by atoms with Gasteiger partial charge in [-0.2, -0.15) is 0 Å². The van der Waals surface area contributed by atoms with Gasteiger partial charge in [0.05, 0.1) is 12.7 Å². The molecule has 2 N–H and O–H groups in total. The van der Waals surface area contributed by atoms with E-state index in [9.17, 15) is 5.11 Å². The molecule has 124 valence electrons. The van der Waals surface area contributed by atoms with E-state index in [0.29, 0.717) is 19.2 Å². The summed E-state index contributed by atoms with van der Waals surface area (Å²) in [6, 6.07) is 20.9. The molecule has 0 spiro atoms. The summed E-state index contributed by atoms with van der Waals surface area (Å²) >= 11 is 0. The van der Waals surface area contributed by atoms with Gasteiger partial charge >= 0.3 is 0 Å². The fourth-order valence-corrected chi connectivity index (χ4v) is 2.50. The number of rotatable bonds is 8. The average molecular weight is 334 g/mol. The number of aliphatic hydroxyl groups excluding tert-OH is 1. The minimum absolute atomic E-state index is 0. The molecule has 2 aromatic carbocycles. The maximum absolute atomic E-state index is 10.1. The van der Waals surface area contributed by atoms with Gasteiger partial charge in [-0.15, -0.1) is 12.4 Å². The number of aliphatic hydroxyl groups is 1. The van der Waals surface area contributed by atoms with Gasteiger partial charge in [-0.3, -0.25) is 0 Å². The molecular weight excluding hydrogens is 310 g/mol. The average Bonchev–Trinajstić information content (AvgIpc) is 3.39. The Balaban J connectivity index is 0.00000192. The third kappa shape index (κ3) is 5.63. The van der Waals surface area contributed by atoms with E-state index in [1.807, 2.05) is 36.4 Å². The molecule has 1 fully saturated rings. The van der Waals surface area contributed by atoms with Crippen LogP contribution in [0.4, 0.5) is 0 Å². The van der Waals surface area contributed by atoms with Crippen molar-refractivity contribution in [2.75, 3.05) is 13.2 Å². The fraction of sp³-hybridized carbons (Fsp3) is 0.368. The number of benzene rings is 2. The molecule has 1 aliphatic rings. The SMILES string of the molecule is Cl.OC(CNC1CC1)COC(c1ccccc1)c1ccccc1. The van der Waals surface area contributed by atoms with Crippen LogP contribution in [0, 0.1) is 0 Å². The van der Waals surface area contributed by atoms with Crippen LogP contribution < -0.4 is 5.32 Å². The Labute approximate surface area is 144 Å². The van der Waals surface area contributed by atoms with Gasteiger partial charge in [0.25, 0.3) is 0 Å². The maximum atomic E-state index is 10.1. The zero-order valence-electron chi connectivity index (χ0n) is 13.1. The van der Waals surface area contributed by atoms with Crippen LogP contribution in [0.3, 0.4) is 0 Å². The van der Waals surface area contributed by atoms with Crippen LogP contribution in [0.5, 0.6) is 0 Å². The van der Waals surface area contributed by atoms with Crippen molar-refractivity contribution in [2.45, 2.75) is 31.1 Å². The molecule has 0 aliphatic heterocycles. The maximum Gasteiger partial charge on any atom is 0.108 e. The second kappa shape index (κ2) is 9.04. The molecule has 1 unspecified atom stereocenters. The molecule has 0 amide bonds. The first kappa shape index (κ1) is 18.0. The van der Waals surface area contributed by atoms with E-state index in [-0.39, 0.29) is 18.5 Å². The summed E-state index contributed by atoms with van der Waals surface area (Å²) in [4.78, 5) is 0. The molecule has 4 heteroatoms. The second-order valence-corrected chi connectivity index (χ2v) is 5.87. The van der Waals surface area contributed by atoms with Crippen molar-refractivity contribution in [3.8, 4) is 0 Å². The number of hydrogen-bond donors (Lipinski definition) is 2. The summed E-state index contributed by atoms with van der Waals surface area (Å²) in [5, 5.41) is 13.4. The third-order valence-corrected chi connectivity index (χ3v) is 3.88.